The van der Waals surface area contributed by atoms with Gasteiger partial charge in [-0.2, -0.15) is 0 Å². The largest absolute Gasteiger partial charge is 0.366 e. The molecule has 2 aromatic rings. The van der Waals surface area contributed by atoms with E-state index in [1.165, 1.54) is 12.1 Å². The van der Waals surface area contributed by atoms with Gasteiger partial charge in [0.15, 0.2) is 0 Å². The summed E-state index contributed by atoms with van der Waals surface area (Å²) in [4.78, 5) is 8.40. The van der Waals surface area contributed by atoms with Gasteiger partial charge in [-0.3, -0.25) is 0 Å². The highest BCUT2D eigenvalue weighted by molar-refractivity contribution is 6.29. The molecule has 0 radical (unpaired) electrons. The van der Waals surface area contributed by atoms with Gasteiger partial charge in [0.1, 0.15) is 28.4 Å². The summed E-state index contributed by atoms with van der Waals surface area (Å²) in [6, 6.07) is 5.02. The van der Waals surface area contributed by atoms with Crippen LogP contribution >= 0.6 is 11.6 Å². The average Bonchev–Trinajstić information content (AvgIpc) is 2.37. The number of anilines is 1. The predicted octanol–water partition coefficient (Wildman–Crippen LogP) is 4.14. The molecule has 1 heterocycles. The number of nitrogens with zero attached hydrogens (tertiary/aromatic N) is 2. The van der Waals surface area contributed by atoms with Crippen molar-refractivity contribution in [1.82, 2.24) is 9.97 Å². The highest BCUT2D eigenvalue weighted by Gasteiger charge is 2.08. The van der Waals surface area contributed by atoms with Crippen molar-refractivity contribution in [2.75, 3.05) is 5.32 Å². The standard InChI is InChI=1S/C14H14ClF2N3/c1-8(2)14-19-12(15)6-13(20-14)18-7-9-3-4-10(16)5-11(9)17/h3-6,8H,7H2,1-2H3,(H,18,19,20). The second-order valence-corrected chi connectivity index (χ2v) is 5.07. The van der Waals surface area contributed by atoms with Gasteiger partial charge >= 0.3 is 0 Å². The van der Waals surface area contributed by atoms with Gasteiger partial charge in [0.2, 0.25) is 0 Å². The maximum atomic E-state index is 13.5. The molecule has 1 aromatic heterocycles. The molecule has 0 bridgehead atoms. The quantitative estimate of drug-likeness (QED) is 0.862. The van der Waals surface area contributed by atoms with Crippen LogP contribution in [0.5, 0.6) is 0 Å². The van der Waals surface area contributed by atoms with Crippen LogP contribution in [0.25, 0.3) is 0 Å². The molecule has 6 heteroatoms. The molecule has 1 N–H and O–H groups in total. The van der Waals surface area contributed by atoms with E-state index in [4.69, 9.17) is 11.6 Å². The molecule has 0 unspecified atom stereocenters. The van der Waals surface area contributed by atoms with Crippen molar-refractivity contribution in [3.63, 3.8) is 0 Å². The van der Waals surface area contributed by atoms with E-state index < -0.39 is 11.6 Å². The topological polar surface area (TPSA) is 37.8 Å². The highest BCUT2D eigenvalue weighted by atomic mass is 35.5. The number of halogens is 3. The third-order valence-electron chi connectivity index (χ3n) is 2.70. The minimum absolute atomic E-state index is 0.136. The van der Waals surface area contributed by atoms with Crippen LogP contribution < -0.4 is 5.32 Å². The minimum Gasteiger partial charge on any atom is -0.366 e. The second kappa shape index (κ2) is 6.13. The summed E-state index contributed by atoms with van der Waals surface area (Å²) in [5.41, 5.74) is 0.354. The fourth-order valence-electron chi connectivity index (χ4n) is 1.63. The number of hydrogen-bond donors (Lipinski definition) is 1. The summed E-state index contributed by atoms with van der Waals surface area (Å²) in [5.74, 6) is 0.0639. The van der Waals surface area contributed by atoms with Crippen LogP contribution in [0.4, 0.5) is 14.6 Å². The van der Waals surface area contributed by atoms with Crippen LogP contribution in [0.15, 0.2) is 24.3 Å². The van der Waals surface area contributed by atoms with Gasteiger partial charge in [-0.25, -0.2) is 18.7 Å². The lowest BCUT2D eigenvalue weighted by Gasteiger charge is -2.10. The van der Waals surface area contributed by atoms with Gasteiger partial charge in [0.25, 0.3) is 0 Å². The van der Waals surface area contributed by atoms with Crippen LogP contribution in [-0.4, -0.2) is 9.97 Å². The van der Waals surface area contributed by atoms with E-state index in [2.05, 4.69) is 15.3 Å². The number of rotatable bonds is 4. The Morgan fingerprint density at radius 3 is 2.60 bits per heavy atom. The van der Waals surface area contributed by atoms with Crippen molar-refractivity contribution in [2.24, 2.45) is 0 Å². The zero-order chi connectivity index (χ0) is 14.7. The van der Waals surface area contributed by atoms with Crippen molar-refractivity contribution < 1.29 is 8.78 Å². The first kappa shape index (κ1) is 14.7. The van der Waals surface area contributed by atoms with E-state index >= 15 is 0 Å². The fourth-order valence-corrected chi connectivity index (χ4v) is 1.82. The van der Waals surface area contributed by atoms with Crippen molar-refractivity contribution in [3.05, 3.63) is 52.4 Å². The monoisotopic (exact) mass is 297 g/mol. The van der Waals surface area contributed by atoms with Crippen molar-refractivity contribution in [3.8, 4) is 0 Å². The minimum atomic E-state index is -0.599. The zero-order valence-electron chi connectivity index (χ0n) is 11.1. The molecule has 0 saturated heterocycles. The molecule has 3 nitrogen and oxygen atoms in total. The first-order valence-corrected chi connectivity index (χ1v) is 6.56. The molecule has 0 amide bonds. The second-order valence-electron chi connectivity index (χ2n) is 4.68. The Hall–Kier alpha value is -1.75. The molecule has 106 valence electrons. The summed E-state index contributed by atoms with van der Waals surface area (Å²) in [6.45, 7) is 4.10. The third kappa shape index (κ3) is 3.63. The Balaban J connectivity index is 2.14. The van der Waals surface area contributed by atoms with Crippen molar-refractivity contribution in [2.45, 2.75) is 26.3 Å². The maximum Gasteiger partial charge on any atom is 0.135 e. The predicted molar refractivity (Wildman–Crippen MR) is 74.8 cm³/mol. The van der Waals surface area contributed by atoms with E-state index in [1.54, 1.807) is 6.07 Å². The van der Waals surface area contributed by atoms with Crippen LogP contribution in [0.1, 0.15) is 31.2 Å². The summed E-state index contributed by atoms with van der Waals surface area (Å²) in [5, 5.41) is 3.28. The summed E-state index contributed by atoms with van der Waals surface area (Å²) in [6.07, 6.45) is 0. The molecule has 0 atom stereocenters. The third-order valence-corrected chi connectivity index (χ3v) is 2.90. The summed E-state index contributed by atoms with van der Waals surface area (Å²) >= 11 is 5.91. The number of benzene rings is 1. The smallest absolute Gasteiger partial charge is 0.135 e. The van der Waals surface area contributed by atoms with Gasteiger partial charge in [0, 0.05) is 30.2 Å². The SMILES string of the molecule is CC(C)c1nc(Cl)cc(NCc2ccc(F)cc2F)n1. The zero-order valence-corrected chi connectivity index (χ0v) is 11.9. The molecule has 2 rings (SSSR count). The normalized spacial score (nSPS) is 10.9. The van der Waals surface area contributed by atoms with E-state index in [0.29, 0.717) is 22.4 Å². The van der Waals surface area contributed by atoms with E-state index in [0.717, 1.165) is 6.07 Å². The molecule has 1 aromatic carbocycles. The summed E-state index contributed by atoms with van der Waals surface area (Å²) < 4.78 is 26.3. The van der Waals surface area contributed by atoms with E-state index in [1.807, 2.05) is 13.8 Å². The van der Waals surface area contributed by atoms with Gasteiger partial charge in [-0.15, -0.1) is 0 Å². The van der Waals surface area contributed by atoms with Crippen molar-refractivity contribution >= 4 is 17.4 Å². The van der Waals surface area contributed by atoms with Crippen molar-refractivity contribution in [1.29, 1.82) is 0 Å². The van der Waals surface area contributed by atoms with Crippen LogP contribution in [0.2, 0.25) is 5.15 Å². The molecular weight excluding hydrogens is 284 g/mol. The Labute approximate surface area is 121 Å². The van der Waals surface area contributed by atoms with Gasteiger partial charge in [-0.05, 0) is 6.07 Å². The lowest BCUT2D eigenvalue weighted by Crippen LogP contribution is -2.07. The first-order valence-electron chi connectivity index (χ1n) is 6.18. The lowest BCUT2D eigenvalue weighted by molar-refractivity contribution is 0.574. The lowest BCUT2D eigenvalue weighted by atomic mass is 10.2. The molecule has 0 aliphatic heterocycles. The summed E-state index contributed by atoms with van der Waals surface area (Å²) in [7, 11) is 0. The maximum absolute atomic E-state index is 13.5. The molecular formula is C14H14ClF2N3. The molecule has 0 aliphatic rings. The fraction of sp³-hybridized carbons (Fsp3) is 0.286. The van der Waals surface area contributed by atoms with Crippen LogP contribution in [-0.2, 0) is 6.54 Å². The highest BCUT2D eigenvalue weighted by Crippen LogP contribution is 2.18. The molecule has 0 spiro atoms. The Morgan fingerprint density at radius 2 is 1.95 bits per heavy atom. The molecule has 0 saturated carbocycles. The van der Waals surface area contributed by atoms with Gasteiger partial charge in [0.05, 0.1) is 0 Å². The van der Waals surface area contributed by atoms with E-state index in [-0.39, 0.29) is 12.5 Å². The first-order chi connectivity index (χ1) is 9.45. The number of hydrogen-bond acceptors (Lipinski definition) is 3. The van der Waals surface area contributed by atoms with E-state index in [9.17, 15) is 8.78 Å². The van der Waals surface area contributed by atoms with Crippen LogP contribution in [0.3, 0.4) is 0 Å². The number of aromatic nitrogens is 2. The Bertz CT molecular complexity index is 617. The van der Waals surface area contributed by atoms with Gasteiger partial charge in [-0.1, -0.05) is 31.5 Å². The molecule has 20 heavy (non-hydrogen) atoms. The van der Waals surface area contributed by atoms with Crippen LogP contribution in [0, 0.1) is 11.6 Å². The Morgan fingerprint density at radius 1 is 1.20 bits per heavy atom. The number of nitrogens with one attached hydrogen (secondary N) is 1. The average molecular weight is 298 g/mol. The van der Waals surface area contributed by atoms with Gasteiger partial charge < -0.3 is 5.32 Å². The molecule has 0 aliphatic carbocycles. The molecule has 0 fully saturated rings. The Kier molecular flexibility index (Phi) is 4.49.